The minimum Gasteiger partial charge on any atom is -0.394 e. The van der Waals surface area contributed by atoms with Crippen LogP contribution < -0.4 is 5.32 Å². The van der Waals surface area contributed by atoms with E-state index in [-0.39, 0.29) is 48.0 Å². The molecule has 40 heavy (non-hydrogen) atoms. The zero-order valence-electron chi connectivity index (χ0n) is 22.7. The quantitative estimate of drug-likeness (QED) is 0.241. The van der Waals surface area contributed by atoms with Crippen LogP contribution in [0.15, 0.2) is 43.0 Å². The number of aliphatic hydroxyl groups excluding tert-OH is 1. The summed E-state index contributed by atoms with van der Waals surface area (Å²) in [5, 5.41) is 21.7. The van der Waals surface area contributed by atoms with Crippen LogP contribution in [0.1, 0.15) is 50.7 Å². The zero-order valence-corrected chi connectivity index (χ0v) is 23.6. The van der Waals surface area contributed by atoms with Gasteiger partial charge in [0.2, 0.25) is 0 Å². The molecule has 14 heteroatoms. The number of benzene rings is 1. The van der Waals surface area contributed by atoms with Crippen molar-refractivity contribution in [2.45, 2.75) is 70.8 Å². The Hall–Kier alpha value is -3.11. The second-order valence-corrected chi connectivity index (χ2v) is 11.1. The van der Waals surface area contributed by atoms with Gasteiger partial charge in [-0.15, -0.1) is 0 Å². The monoisotopic (exact) mass is 573 g/mol. The van der Waals surface area contributed by atoms with E-state index in [1.165, 1.54) is 17.2 Å². The van der Waals surface area contributed by atoms with Crippen LogP contribution in [0.5, 0.6) is 0 Å². The number of hydrogen-bond acceptors (Lipinski definition) is 10. The Morgan fingerprint density at radius 2 is 1.98 bits per heavy atom. The molecule has 1 amide bonds. The van der Waals surface area contributed by atoms with E-state index >= 15 is 4.39 Å². The molecule has 2 N–H and O–H groups in total. The first-order valence-electron chi connectivity index (χ1n) is 13.0. The van der Waals surface area contributed by atoms with Crippen LogP contribution in [0, 0.1) is 11.3 Å². The molecular weight excluding hydrogens is 540 g/mol. The van der Waals surface area contributed by atoms with Crippen molar-refractivity contribution >= 4 is 31.4 Å². The van der Waals surface area contributed by atoms with Crippen molar-refractivity contribution in [1.29, 1.82) is 5.26 Å². The van der Waals surface area contributed by atoms with Crippen LogP contribution in [-0.2, 0) is 13.8 Å². The van der Waals surface area contributed by atoms with Crippen LogP contribution >= 0.6 is 8.53 Å². The summed E-state index contributed by atoms with van der Waals surface area (Å²) in [5.74, 6) is -0.217. The molecule has 3 heterocycles. The van der Waals surface area contributed by atoms with E-state index in [1.807, 2.05) is 38.4 Å². The Morgan fingerprint density at radius 3 is 2.62 bits per heavy atom. The van der Waals surface area contributed by atoms with Crippen molar-refractivity contribution in [2.24, 2.45) is 0 Å². The highest BCUT2D eigenvalue weighted by Crippen LogP contribution is 2.50. The maximum Gasteiger partial charge on any atom is 0.259 e. The lowest BCUT2D eigenvalue weighted by Gasteiger charge is -2.37. The van der Waals surface area contributed by atoms with Gasteiger partial charge in [0.05, 0.1) is 32.0 Å². The molecule has 2 aromatic heterocycles. The van der Waals surface area contributed by atoms with E-state index in [0.29, 0.717) is 5.56 Å². The molecule has 0 spiro atoms. The van der Waals surface area contributed by atoms with Gasteiger partial charge in [0.25, 0.3) is 14.4 Å². The first-order valence-corrected chi connectivity index (χ1v) is 14.1. The molecule has 12 nitrogen and oxygen atoms in total. The van der Waals surface area contributed by atoms with Gasteiger partial charge in [-0.05, 0) is 39.8 Å². The van der Waals surface area contributed by atoms with Crippen LogP contribution in [0.2, 0.25) is 0 Å². The zero-order chi connectivity index (χ0) is 28.8. The number of carbonyl (C=O) groups excluding carboxylic acids is 1. The van der Waals surface area contributed by atoms with Crippen molar-refractivity contribution in [3.63, 3.8) is 0 Å². The van der Waals surface area contributed by atoms with Gasteiger partial charge in [0, 0.05) is 17.6 Å². The number of alkyl halides is 1. The molecule has 5 atom stereocenters. The highest BCUT2D eigenvalue weighted by Gasteiger charge is 2.49. The number of carbonyl (C=O) groups is 1. The molecule has 1 aliphatic rings. The molecule has 0 saturated carbocycles. The van der Waals surface area contributed by atoms with Gasteiger partial charge in [-0.3, -0.25) is 9.36 Å². The number of imidazole rings is 1. The average Bonchev–Trinajstić information content (AvgIpc) is 3.50. The minimum absolute atomic E-state index is 0.00997. The van der Waals surface area contributed by atoms with Gasteiger partial charge >= 0.3 is 0 Å². The molecule has 214 valence electrons. The molecule has 1 aromatic carbocycles. The number of nitriles is 1. The van der Waals surface area contributed by atoms with Crippen LogP contribution in [0.3, 0.4) is 0 Å². The summed E-state index contributed by atoms with van der Waals surface area (Å²) >= 11 is 0. The Bertz CT molecular complexity index is 1310. The first-order chi connectivity index (χ1) is 19.3. The van der Waals surface area contributed by atoms with Crippen LogP contribution in [0.4, 0.5) is 10.2 Å². The molecular formula is C26H33FN7O5P. The number of nitrogens with one attached hydrogen (secondary N) is 1. The van der Waals surface area contributed by atoms with Gasteiger partial charge in [-0.2, -0.15) is 5.26 Å². The third kappa shape index (κ3) is 6.44. The summed E-state index contributed by atoms with van der Waals surface area (Å²) in [6.07, 6.45) is -2.36. The predicted molar refractivity (Wildman–Crippen MR) is 146 cm³/mol. The molecule has 0 aliphatic carbocycles. The Balaban J connectivity index is 1.59. The molecule has 4 rings (SSSR count). The third-order valence-corrected chi connectivity index (χ3v) is 8.35. The SMILES string of the molecule is CC(C)N(C(C)C)P(OCCC#N)OC1[C@@H](CO)O[C@@H](n2cnc3c(NC(=O)c4ccccc4)ncnc32)[C@H]1F. The summed E-state index contributed by atoms with van der Waals surface area (Å²) in [6, 6.07) is 10.7. The minimum atomic E-state index is -1.78. The number of amides is 1. The number of rotatable bonds is 12. The van der Waals surface area contributed by atoms with E-state index in [9.17, 15) is 9.90 Å². The second-order valence-electron chi connectivity index (χ2n) is 9.68. The number of ether oxygens (including phenoxy) is 1. The molecule has 2 unspecified atom stereocenters. The van der Waals surface area contributed by atoms with E-state index in [0.717, 1.165) is 0 Å². The summed E-state index contributed by atoms with van der Waals surface area (Å²) in [4.78, 5) is 25.4. The molecule has 3 aromatic rings. The standard InChI is InChI=1S/C26H33FN7O5P/c1-16(2)34(17(3)4)40(37-12-8-11-28)39-22-19(13-35)38-26(20(22)27)33-15-31-21-23(29-14-30-24(21)33)32-25(36)18-9-6-5-7-10-18/h5-7,9-10,14-17,19-20,22,26,35H,8,12-13H2,1-4H3,(H,29,30,32,36)/t19-,20+,22?,26-,40?/m1/s1. The maximum atomic E-state index is 16.1. The van der Waals surface area contributed by atoms with Crippen molar-refractivity contribution in [2.75, 3.05) is 18.5 Å². The smallest absolute Gasteiger partial charge is 0.259 e. The first kappa shape index (κ1) is 29.9. The highest BCUT2D eigenvalue weighted by molar-refractivity contribution is 7.44. The summed E-state index contributed by atoms with van der Waals surface area (Å²) in [6.45, 7) is 7.53. The van der Waals surface area contributed by atoms with E-state index in [4.69, 9.17) is 19.0 Å². The maximum absolute atomic E-state index is 16.1. The molecule has 1 saturated heterocycles. The summed E-state index contributed by atoms with van der Waals surface area (Å²) < 4.78 is 37.5. The normalized spacial score (nSPS) is 21.8. The Morgan fingerprint density at radius 1 is 1.25 bits per heavy atom. The van der Waals surface area contributed by atoms with E-state index in [1.54, 1.807) is 30.3 Å². The van der Waals surface area contributed by atoms with Crippen molar-refractivity contribution in [3.05, 3.63) is 48.5 Å². The number of anilines is 1. The molecule has 0 bridgehead atoms. The van der Waals surface area contributed by atoms with Gasteiger partial charge < -0.3 is 24.2 Å². The lowest BCUT2D eigenvalue weighted by Crippen LogP contribution is -2.38. The topological polar surface area (TPSA) is 148 Å². The number of halogens is 1. The molecule has 1 fully saturated rings. The second kappa shape index (κ2) is 13.5. The fourth-order valence-corrected chi connectivity index (χ4v) is 6.25. The lowest BCUT2D eigenvalue weighted by molar-refractivity contribution is -0.0446. The fraction of sp³-hybridized carbons (Fsp3) is 0.500. The van der Waals surface area contributed by atoms with Gasteiger partial charge in [-0.25, -0.2) is 24.0 Å². The largest absolute Gasteiger partial charge is 0.394 e. The van der Waals surface area contributed by atoms with Crippen molar-refractivity contribution < 1.29 is 28.1 Å². The number of aromatic nitrogens is 4. The number of fused-ring (bicyclic) bond motifs is 1. The Labute approximate surface area is 233 Å². The van der Waals surface area contributed by atoms with Crippen LogP contribution in [0.25, 0.3) is 11.2 Å². The highest BCUT2D eigenvalue weighted by atomic mass is 31.2. The van der Waals surface area contributed by atoms with E-state index in [2.05, 4.69) is 20.3 Å². The molecule has 0 radical (unpaired) electrons. The van der Waals surface area contributed by atoms with Crippen molar-refractivity contribution in [1.82, 2.24) is 24.2 Å². The summed E-state index contributed by atoms with van der Waals surface area (Å²) in [5.41, 5.74) is 0.926. The van der Waals surface area contributed by atoms with Gasteiger partial charge in [-0.1, -0.05) is 18.2 Å². The fourth-order valence-electron chi connectivity index (χ4n) is 4.49. The Kier molecular flexibility index (Phi) is 10.1. The average molecular weight is 574 g/mol. The third-order valence-electron chi connectivity index (χ3n) is 6.22. The van der Waals surface area contributed by atoms with E-state index < -0.39 is 39.7 Å². The summed E-state index contributed by atoms with van der Waals surface area (Å²) in [7, 11) is -1.78. The van der Waals surface area contributed by atoms with Gasteiger partial charge in [0.15, 0.2) is 29.4 Å². The number of aliphatic hydroxyl groups is 1. The van der Waals surface area contributed by atoms with Crippen molar-refractivity contribution in [3.8, 4) is 6.07 Å². The predicted octanol–water partition coefficient (Wildman–Crippen LogP) is 3.97. The number of nitrogens with zero attached hydrogens (tertiary/aromatic N) is 6. The molecule has 1 aliphatic heterocycles. The number of hydrogen-bond donors (Lipinski definition) is 2. The lowest BCUT2D eigenvalue weighted by atomic mass is 10.1. The van der Waals surface area contributed by atoms with Crippen LogP contribution in [-0.4, -0.2) is 78.9 Å². The van der Waals surface area contributed by atoms with Gasteiger partial charge in [0.1, 0.15) is 18.5 Å².